The van der Waals surface area contributed by atoms with Gasteiger partial charge in [-0.3, -0.25) is 4.79 Å². The molecule has 0 saturated carbocycles. The summed E-state index contributed by atoms with van der Waals surface area (Å²) in [6.07, 6.45) is 1.36. The van der Waals surface area contributed by atoms with Gasteiger partial charge in [-0.05, 0) is 30.4 Å². The summed E-state index contributed by atoms with van der Waals surface area (Å²) in [7, 11) is 0. The monoisotopic (exact) mass is 289 g/mol. The van der Waals surface area contributed by atoms with E-state index in [-0.39, 0.29) is 17.0 Å². The molecule has 1 aliphatic carbocycles. The highest BCUT2D eigenvalue weighted by atomic mass is 32.1. The third kappa shape index (κ3) is 2.29. The molecule has 0 unspecified atom stereocenters. The highest BCUT2D eigenvalue weighted by Crippen LogP contribution is 2.39. The molecule has 1 aromatic carbocycles. The van der Waals surface area contributed by atoms with E-state index in [1.807, 2.05) is 6.07 Å². The van der Waals surface area contributed by atoms with E-state index in [0.29, 0.717) is 12.0 Å². The number of rotatable bonds is 1. The smallest absolute Gasteiger partial charge is 0.175 e. The average Bonchev–Trinajstić information content (AvgIpc) is 2.75. The van der Waals surface area contributed by atoms with Crippen LogP contribution in [0, 0.1) is 18.2 Å². The minimum absolute atomic E-state index is 0.0338. The second-order valence-electron chi connectivity index (χ2n) is 6.20. The van der Waals surface area contributed by atoms with Gasteiger partial charge in [0, 0.05) is 12.0 Å². The lowest BCUT2D eigenvalue weighted by Gasteiger charge is -2.26. The van der Waals surface area contributed by atoms with Gasteiger partial charge in [-0.15, -0.1) is 11.3 Å². The molecule has 4 heteroatoms. The quantitative estimate of drug-likeness (QED) is 0.778. The summed E-state index contributed by atoms with van der Waals surface area (Å²) in [5.74, 6) is -0.0742. The van der Waals surface area contributed by atoms with E-state index in [4.69, 9.17) is 0 Å². The van der Waals surface area contributed by atoms with Gasteiger partial charge in [0.05, 0.1) is 10.6 Å². The van der Waals surface area contributed by atoms with E-state index >= 15 is 0 Å². The van der Waals surface area contributed by atoms with E-state index in [1.54, 1.807) is 13.0 Å². The fourth-order valence-electron chi connectivity index (χ4n) is 2.57. The van der Waals surface area contributed by atoms with Crippen molar-refractivity contribution in [2.24, 2.45) is 5.41 Å². The first kappa shape index (κ1) is 13.4. The SMILES string of the molecule is Cc1ccc(-c2nc3c(s2)C(=O)CC(C)(C)C3)cc1F. The molecule has 1 heterocycles. The number of ketones is 1. The number of halogens is 1. The van der Waals surface area contributed by atoms with Gasteiger partial charge in [0.2, 0.25) is 0 Å². The number of aryl methyl sites for hydroxylation is 1. The topological polar surface area (TPSA) is 30.0 Å². The van der Waals surface area contributed by atoms with E-state index in [1.165, 1.54) is 17.4 Å². The van der Waals surface area contributed by atoms with Crippen molar-refractivity contribution in [1.82, 2.24) is 4.98 Å². The lowest BCUT2D eigenvalue weighted by atomic mass is 9.78. The molecule has 0 saturated heterocycles. The predicted octanol–water partition coefficient (Wildman–Crippen LogP) is 4.41. The number of hydrogen-bond acceptors (Lipinski definition) is 3. The Hall–Kier alpha value is -1.55. The third-order valence-corrected chi connectivity index (χ3v) is 4.84. The van der Waals surface area contributed by atoms with Crippen LogP contribution in [-0.4, -0.2) is 10.8 Å². The number of hydrogen-bond donors (Lipinski definition) is 0. The maximum absolute atomic E-state index is 13.7. The number of Topliss-reactive ketones (excluding diaryl/α,β-unsaturated/α-hetero) is 1. The fourth-order valence-corrected chi connectivity index (χ4v) is 3.59. The number of nitrogens with zero attached hydrogens (tertiary/aromatic N) is 1. The van der Waals surface area contributed by atoms with Crippen LogP contribution in [0.3, 0.4) is 0 Å². The van der Waals surface area contributed by atoms with Crippen LogP contribution in [0.1, 0.15) is 41.2 Å². The minimum atomic E-state index is -0.234. The van der Waals surface area contributed by atoms with E-state index in [9.17, 15) is 9.18 Å². The molecule has 2 aromatic rings. The summed E-state index contributed by atoms with van der Waals surface area (Å²) in [4.78, 5) is 17.5. The number of thiazole rings is 1. The Balaban J connectivity index is 2.05. The molecule has 0 radical (unpaired) electrons. The zero-order valence-corrected chi connectivity index (χ0v) is 12.6. The molecule has 2 nitrogen and oxygen atoms in total. The van der Waals surface area contributed by atoms with Crippen molar-refractivity contribution >= 4 is 17.1 Å². The Morgan fingerprint density at radius 1 is 1.30 bits per heavy atom. The molecule has 0 spiro atoms. The summed E-state index contributed by atoms with van der Waals surface area (Å²) < 4.78 is 13.7. The van der Waals surface area contributed by atoms with Gasteiger partial charge in [0.25, 0.3) is 0 Å². The second kappa shape index (κ2) is 4.48. The highest BCUT2D eigenvalue weighted by Gasteiger charge is 2.33. The van der Waals surface area contributed by atoms with E-state index < -0.39 is 0 Å². The summed E-state index contributed by atoms with van der Waals surface area (Å²) in [6.45, 7) is 5.90. The Bertz CT molecular complexity index is 702. The summed E-state index contributed by atoms with van der Waals surface area (Å²) >= 11 is 1.38. The molecule has 0 bridgehead atoms. The van der Waals surface area contributed by atoms with Crippen molar-refractivity contribution in [3.8, 4) is 10.6 Å². The fraction of sp³-hybridized carbons (Fsp3) is 0.375. The Morgan fingerprint density at radius 3 is 2.75 bits per heavy atom. The van der Waals surface area contributed by atoms with Crippen LogP contribution < -0.4 is 0 Å². The average molecular weight is 289 g/mol. The molecule has 20 heavy (non-hydrogen) atoms. The Morgan fingerprint density at radius 2 is 2.05 bits per heavy atom. The second-order valence-corrected chi connectivity index (χ2v) is 7.20. The van der Waals surface area contributed by atoms with Crippen molar-refractivity contribution in [3.63, 3.8) is 0 Å². The van der Waals surface area contributed by atoms with Crippen LogP contribution in [0.5, 0.6) is 0 Å². The van der Waals surface area contributed by atoms with Crippen LogP contribution in [0.4, 0.5) is 4.39 Å². The maximum atomic E-state index is 13.7. The van der Waals surface area contributed by atoms with Gasteiger partial charge < -0.3 is 0 Å². The summed E-state index contributed by atoms with van der Waals surface area (Å²) in [5.41, 5.74) is 2.20. The minimum Gasteiger partial charge on any atom is -0.293 e. The first-order valence-electron chi connectivity index (χ1n) is 6.65. The number of aromatic nitrogens is 1. The molecule has 1 aromatic heterocycles. The molecular weight excluding hydrogens is 273 g/mol. The zero-order chi connectivity index (χ0) is 14.5. The van der Waals surface area contributed by atoms with Gasteiger partial charge in [0.1, 0.15) is 10.8 Å². The van der Waals surface area contributed by atoms with Gasteiger partial charge in [0.15, 0.2) is 5.78 Å². The molecule has 0 fully saturated rings. The van der Waals surface area contributed by atoms with Crippen molar-refractivity contribution in [2.45, 2.75) is 33.6 Å². The van der Waals surface area contributed by atoms with Crippen molar-refractivity contribution in [3.05, 3.63) is 40.2 Å². The number of carbonyl (C=O) groups is 1. The molecule has 0 amide bonds. The van der Waals surface area contributed by atoms with Crippen LogP contribution in [-0.2, 0) is 6.42 Å². The van der Waals surface area contributed by atoms with E-state index in [2.05, 4.69) is 18.8 Å². The maximum Gasteiger partial charge on any atom is 0.175 e. The molecular formula is C16H16FNOS. The van der Waals surface area contributed by atoms with Crippen LogP contribution in [0.15, 0.2) is 18.2 Å². The molecule has 0 aliphatic heterocycles. The molecule has 104 valence electrons. The molecule has 0 N–H and O–H groups in total. The third-order valence-electron chi connectivity index (χ3n) is 3.65. The molecule has 3 rings (SSSR count). The van der Waals surface area contributed by atoms with Crippen molar-refractivity contribution in [1.29, 1.82) is 0 Å². The van der Waals surface area contributed by atoms with Crippen LogP contribution >= 0.6 is 11.3 Å². The van der Waals surface area contributed by atoms with Crippen LogP contribution in [0.2, 0.25) is 0 Å². The molecule has 1 aliphatic rings. The van der Waals surface area contributed by atoms with Crippen LogP contribution in [0.25, 0.3) is 10.6 Å². The number of fused-ring (bicyclic) bond motifs is 1. The van der Waals surface area contributed by atoms with Gasteiger partial charge in [-0.2, -0.15) is 0 Å². The van der Waals surface area contributed by atoms with E-state index in [0.717, 1.165) is 27.6 Å². The van der Waals surface area contributed by atoms with Crippen molar-refractivity contribution in [2.75, 3.05) is 0 Å². The lowest BCUT2D eigenvalue weighted by Crippen LogP contribution is -2.25. The lowest BCUT2D eigenvalue weighted by molar-refractivity contribution is 0.0916. The first-order valence-corrected chi connectivity index (χ1v) is 7.47. The predicted molar refractivity (Wildman–Crippen MR) is 78.7 cm³/mol. The highest BCUT2D eigenvalue weighted by molar-refractivity contribution is 7.17. The normalized spacial score (nSPS) is 17.1. The number of benzene rings is 1. The zero-order valence-electron chi connectivity index (χ0n) is 11.8. The van der Waals surface area contributed by atoms with Gasteiger partial charge >= 0.3 is 0 Å². The largest absolute Gasteiger partial charge is 0.293 e. The molecule has 0 atom stereocenters. The number of carbonyl (C=O) groups excluding carboxylic acids is 1. The van der Waals surface area contributed by atoms with Gasteiger partial charge in [-0.25, -0.2) is 9.37 Å². The Labute approximate surface area is 121 Å². The van der Waals surface area contributed by atoms with Crippen molar-refractivity contribution < 1.29 is 9.18 Å². The summed E-state index contributed by atoms with van der Waals surface area (Å²) in [5, 5.41) is 0.736. The Kier molecular flexibility index (Phi) is 3.01. The first-order chi connectivity index (χ1) is 9.35. The summed E-state index contributed by atoms with van der Waals surface area (Å²) in [6, 6.07) is 5.10. The van der Waals surface area contributed by atoms with Gasteiger partial charge in [-0.1, -0.05) is 26.0 Å². The standard InChI is InChI=1S/C16H16FNOS/c1-9-4-5-10(6-11(9)17)15-18-12-7-16(2,3)8-13(19)14(12)20-15/h4-6H,7-8H2,1-3H3.